The Bertz CT molecular complexity index is 1400. The molecule has 7 nitrogen and oxygen atoms in total. The fourth-order valence-corrected chi connectivity index (χ4v) is 4.48. The molecule has 1 unspecified atom stereocenters. The van der Waals surface area contributed by atoms with Crippen LogP contribution in [0.5, 0.6) is 5.75 Å². The van der Waals surface area contributed by atoms with E-state index in [2.05, 4.69) is 39.8 Å². The number of aromatic amines is 1. The van der Waals surface area contributed by atoms with Crippen LogP contribution in [0.1, 0.15) is 53.6 Å². The monoisotopic (exact) mass is 458 g/mol. The first-order valence-corrected chi connectivity index (χ1v) is 11.5. The number of amides is 1. The van der Waals surface area contributed by atoms with Crippen molar-refractivity contribution in [2.45, 2.75) is 46.7 Å². The third-order valence-electron chi connectivity index (χ3n) is 6.38. The molecule has 0 aliphatic heterocycles. The Morgan fingerprint density at radius 1 is 1.21 bits per heavy atom. The minimum Gasteiger partial charge on any atom is -0.496 e. The third-order valence-corrected chi connectivity index (χ3v) is 6.38. The molecule has 176 valence electrons. The van der Waals surface area contributed by atoms with Crippen LogP contribution in [0.2, 0.25) is 0 Å². The lowest BCUT2D eigenvalue weighted by molar-refractivity contribution is 0.0951. The van der Waals surface area contributed by atoms with Gasteiger partial charge >= 0.3 is 0 Å². The van der Waals surface area contributed by atoms with Gasteiger partial charge in [-0.15, -0.1) is 0 Å². The van der Waals surface area contributed by atoms with E-state index in [1.54, 1.807) is 19.2 Å². The van der Waals surface area contributed by atoms with Crippen LogP contribution in [0.4, 0.5) is 0 Å². The maximum absolute atomic E-state index is 13.4. The second-order valence-corrected chi connectivity index (χ2v) is 8.57. The molecular weight excluding hydrogens is 428 g/mol. The number of benzene rings is 1. The number of hydrogen-bond acceptors (Lipinski definition) is 4. The fraction of sp³-hybridized carbons (Fsp3) is 0.296. The molecule has 0 aliphatic carbocycles. The van der Waals surface area contributed by atoms with Crippen LogP contribution < -0.4 is 15.6 Å². The highest BCUT2D eigenvalue weighted by molar-refractivity contribution is 6.09. The first-order chi connectivity index (χ1) is 16.3. The highest BCUT2D eigenvalue weighted by Gasteiger charge is 2.23. The molecule has 7 heteroatoms. The first kappa shape index (κ1) is 23.3. The fourth-order valence-electron chi connectivity index (χ4n) is 4.48. The Balaban J connectivity index is 1.76. The Kier molecular flexibility index (Phi) is 6.54. The highest BCUT2D eigenvalue weighted by Crippen LogP contribution is 2.33. The molecule has 1 amide bonds. The molecule has 1 aromatic carbocycles. The third kappa shape index (κ3) is 4.21. The summed E-state index contributed by atoms with van der Waals surface area (Å²) in [4.78, 5) is 32.9. The van der Waals surface area contributed by atoms with Crippen molar-refractivity contribution in [3.8, 4) is 16.9 Å². The lowest BCUT2D eigenvalue weighted by Gasteiger charge is -2.16. The molecule has 1 atom stereocenters. The van der Waals surface area contributed by atoms with Crippen LogP contribution in [0, 0.1) is 13.8 Å². The number of nitrogens with one attached hydrogen (secondary N) is 2. The molecule has 3 heterocycles. The molecule has 0 aliphatic rings. The second kappa shape index (κ2) is 9.55. The zero-order valence-corrected chi connectivity index (χ0v) is 20.2. The number of H-pyrrole nitrogens is 1. The lowest BCUT2D eigenvalue weighted by Crippen LogP contribution is -2.28. The van der Waals surface area contributed by atoms with Crippen molar-refractivity contribution in [1.29, 1.82) is 0 Å². The number of carbonyl (C=O) groups is 1. The van der Waals surface area contributed by atoms with Gasteiger partial charge in [0.2, 0.25) is 0 Å². The van der Waals surface area contributed by atoms with Crippen molar-refractivity contribution in [2.24, 2.45) is 0 Å². The topological polar surface area (TPSA) is 89.0 Å². The van der Waals surface area contributed by atoms with E-state index in [9.17, 15) is 9.59 Å². The zero-order valence-electron chi connectivity index (χ0n) is 20.2. The summed E-state index contributed by atoms with van der Waals surface area (Å²) < 4.78 is 7.59. The van der Waals surface area contributed by atoms with Gasteiger partial charge in [-0.05, 0) is 51.0 Å². The molecule has 0 radical (unpaired) electrons. The van der Waals surface area contributed by atoms with E-state index in [1.807, 2.05) is 37.4 Å². The predicted molar refractivity (Wildman–Crippen MR) is 134 cm³/mol. The number of pyridine rings is 2. The first-order valence-electron chi connectivity index (χ1n) is 11.5. The largest absolute Gasteiger partial charge is 0.496 e. The second-order valence-electron chi connectivity index (χ2n) is 8.57. The number of fused-ring (bicyclic) bond motifs is 1. The molecular formula is C27H30N4O3. The van der Waals surface area contributed by atoms with Crippen molar-refractivity contribution in [1.82, 2.24) is 19.9 Å². The number of aromatic nitrogens is 3. The van der Waals surface area contributed by atoms with Crippen molar-refractivity contribution < 1.29 is 9.53 Å². The van der Waals surface area contributed by atoms with Gasteiger partial charge in [-0.3, -0.25) is 14.6 Å². The summed E-state index contributed by atoms with van der Waals surface area (Å²) in [6.07, 6.45) is 4.52. The summed E-state index contributed by atoms with van der Waals surface area (Å²) in [5, 5.41) is 3.82. The van der Waals surface area contributed by atoms with Crippen molar-refractivity contribution in [3.05, 3.63) is 81.7 Å². The van der Waals surface area contributed by atoms with Crippen molar-refractivity contribution in [2.75, 3.05) is 7.11 Å². The lowest BCUT2D eigenvalue weighted by atomic mass is 10.0. The van der Waals surface area contributed by atoms with Crippen LogP contribution in [-0.4, -0.2) is 27.6 Å². The van der Waals surface area contributed by atoms with E-state index >= 15 is 0 Å². The number of methoxy groups -OCH3 is 1. The van der Waals surface area contributed by atoms with Crippen LogP contribution >= 0.6 is 0 Å². The minimum atomic E-state index is -0.267. The van der Waals surface area contributed by atoms with Gasteiger partial charge in [0.05, 0.1) is 24.8 Å². The highest BCUT2D eigenvalue weighted by atomic mass is 16.5. The Labute approximate surface area is 198 Å². The van der Waals surface area contributed by atoms with Gasteiger partial charge in [0.25, 0.3) is 11.5 Å². The van der Waals surface area contributed by atoms with Crippen molar-refractivity contribution >= 4 is 16.8 Å². The van der Waals surface area contributed by atoms with Gasteiger partial charge in [0, 0.05) is 46.3 Å². The number of ether oxygens (including phenoxy) is 1. The maximum atomic E-state index is 13.4. The van der Waals surface area contributed by atoms with Crippen LogP contribution in [-0.2, 0) is 6.54 Å². The van der Waals surface area contributed by atoms with E-state index in [0.717, 1.165) is 34.1 Å². The van der Waals surface area contributed by atoms with Gasteiger partial charge in [0.1, 0.15) is 5.75 Å². The van der Waals surface area contributed by atoms with Gasteiger partial charge in [-0.2, -0.15) is 0 Å². The molecule has 0 fully saturated rings. The summed E-state index contributed by atoms with van der Waals surface area (Å²) >= 11 is 0. The van der Waals surface area contributed by atoms with E-state index in [0.29, 0.717) is 22.6 Å². The van der Waals surface area contributed by atoms with Gasteiger partial charge in [0.15, 0.2) is 0 Å². The van der Waals surface area contributed by atoms with Crippen LogP contribution in [0.15, 0.2) is 53.6 Å². The van der Waals surface area contributed by atoms with Gasteiger partial charge in [-0.25, -0.2) is 0 Å². The van der Waals surface area contributed by atoms with E-state index in [4.69, 9.17) is 4.74 Å². The summed E-state index contributed by atoms with van der Waals surface area (Å²) in [7, 11) is 1.52. The number of aryl methyl sites for hydroxylation is 1. The predicted octanol–water partition coefficient (Wildman–Crippen LogP) is 4.92. The van der Waals surface area contributed by atoms with Crippen LogP contribution in [0.25, 0.3) is 22.0 Å². The minimum absolute atomic E-state index is 0.0703. The van der Waals surface area contributed by atoms with Crippen molar-refractivity contribution in [3.63, 3.8) is 0 Å². The molecule has 0 saturated carbocycles. The summed E-state index contributed by atoms with van der Waals surface area (Å²) in [5.74, 6) is 0.238. The zero-order chi connectivity index (χ0) is 24.4. The molecule has 34 heavy (non-hydrogen) atoms. The van der Waals surface area contributed by atoms with Gasteiger partial charge < -0.3 is 19.6 Å². The molecule has 0 saturated heterocycles. The normalized spacial score (nSPS) is 12.0. The maximum Gasteiger partial charge on any atom is 0.256 e. The number of nitrogens with zero attached hydrogens (tertiary/aromatic N) is 2. The smallest absolute Gasteiger partial charge is 0.256 e. The summed E-state index contributed by atoms with van der Waals surface area (Å²) in [6.45, 7) is 8.13. The Morgan fingerprint density at radius 2 is 2.00 bits per heavy atom. The van der Waals surface area contributed by atoms with E-state index in [1.165, 1.54) is 7.11 Å². The Morgan fingerprint density at radius 3 is 2.68 bits per heavy atom. The molecule has 0 spiro atoms. The summed E-state index contributed by atoms with van der Waals surface area (Å²) in [6, 6.07) is 12.0. The van der Waals surface area contributed by atoms with E-state index < -0.39 is 0 Å². The molecule has 4 aromatic rings. The molecule has 4 rings (SSSR count). The quantitative estimate of drug-likeness (QED) is 0.411. The summed E-state index contributed by atoms with van der Waals surface area (Å²) in [5.41, 5.74) is 5.42. The number of rotatable bonds is 7. The van der Waals surface area contributed by atoms with E-state index in [-0.39, 0.29) is 24.1 Å². The molecule has 0 bridgehead atoms. The molecule has 2 N–H and O–H groups in total. The SMILES string of the molecule is CCC(C)n1c(C)c(C(=O)NCc2c(OC)cc(C)[nH]c2=O)c2ccc(-c3cccnc3)cc21. The Hall–Kier alpha value is -3.87. The number of hydrogen-bond donors (Lipinski definition) is 2. The number of carbonyl (C=O) groups excluding carboxylic acids is 1. The van der Waals surface area contributed by atoms with Crippen LogP contribution in [0.3, 0.4) is 0 Å². The molecule has 3 aromatic heterocycles. The van der Waals surface area contributed by atoms with Gasteiger partial charge in [-0.1, -0.05) is 25.1 Å². The average molecular weight is 459 g/mol. The average Bonchev–Trinajstić information content (AvgIpc) is 3.13. The standard InChI is InChI=1S/C27H30N4O3/c1-6-17(3)31-18(4)25(21-10-9-19(13-23(21)31)20-8-7-11-28-14-20)27(33)29-15-22-24(34-5)12-16(2)30-26(22)32/h7-14,17H,6,15H2,1-5H3,(H,29,33)(H,30,32).